The van der Waals surface area contributed by atoms with E-state index in [0.29, 0.717) is 13.1 Å². The molecule has 0 spiro atoms. The van der Waals surface area contributed by atoms with Gasteiger partial charge in [-0.05, 0) is 18.4 Å². The van der Waals surface area contributed by atoms with Crippen molar-refractivity contribution in [2.45, 2.75) is 32.4 Å². The fourth-order valence-electron chi connectivity index (χ4n) is 2.88. The van der Waals surface area contributed by atoms with E-state index in [0.717, 1.165) is 24.9 Å². The molecule has 0 radical (unpaired) electrons. The number of likely N-dealkylation sites (tertiary alicyclic amines) is 1. The van der Waals surface area contributed by atoms with Gasteiger partial charge in [-0.1, -0.05) is 30.3 Å². The third kappa shape index (κ3) is 3.97. The minimum Gasteiger partial charge on any atom is -0.341 e. The van der Waals surface area contributed by atoms with E-state index in [1.54, 1.807) is 18.9 Å². The zero-order valence-electron chi connectivity index (χ0n) is 12.7. The summed E-state index contributed by atoms with van der Waals surface area (Å²) < 4.78 is 0. The van der Waals surface area contributed by atoms with Crippen LogP contribution in [0, 0.1) is 0 Å². The Bertz CT molecular complexity index is 490. The Morgan fingerprint density at radius 3 is 2.67 bits per heavy atom. The molecule has 1 saturated heterocycles. The maximum absolute atomic E-state index is 12.1. The summed E-state index contributed by atoms with van der Waals surface area (Å²) in [5.41, 5.74) is 1.09. The number of hydrogen-bond acceptors (Lipinski definition) is 2. The van der Waals surface area contributed by atoms with Gasteiger partial charge in [-0.25, -0.2) is 4.79 Å². The van der Waals surface area contributed by atoms with Crippen molar-refractivity contribution in [1.82, 2.24) is 15.1 Å². The van der Waals surface area contributed by atoms with E-state index in [2.05, 4.69) is 5.32 Å². The second kappa shape index (κ2) is 7.11. The van der Waals surface area contributed by atoms with Crippen LogP contribution in [0.5, 0.6) is 0 Å². The normalized spacial score (nSPS) is 17.6. The quantitative estimate of drug-likeness (QED) is 0.919. The molecule has 2 rings (SSSR count). The van der Waals surface area contributed by atoms with Crippen LogP contribution in [-0.2, 0) is 11.3 Å². The van der Waals surface area contributed by atoms with E-state index < -0.39 is 0 Å². The van der Waals surface area contributed by atoms with Crippen LogP contribution in [0.4, 0.5) is 4.79 Å². The number of amides is 3. The van der Waals surface area contributed by atoms with Crippen molar-refractivity contribution >= 4 is 11.9 Å². The van der Waals surface area contributed by atoms with E-state index in [9.17, 15) is 9.59 Å². The molecule has 3 amide bonds. The standard InChI is InChI=1S/C16H23N3O2/c1-13(20)19-10-6-9-15(19)12-18(16(21)17-2)11-14-7-4-3-5-8-14/h3-5,7-8,15H,6,9-12H2,1-2H3,(H,17,21). The molecular weight excluding hydrogens is 266 g/mol. The minimum atomic E-state index is -0.103. The molecule has 0 aliphatic carbocycles. The maximum atomic E-state index is 12.1. The van der Waals surface area contributed by atoms with E-state index in [-0.39, 0.29) is 18.0 Å². The van der Waals surface area contributed by atoms with Gasteiger partial charge < -0.3 is 15.1 Å². The molecule has 1 aromatic rings. The van der Waals surface area contributed by atoms with Gasteiger partial charge in [-0.2, -0.15) is 0 Å². The molecule has 1 aromatic carbocycles. The molecule has 1 unspecified atom stereocenters. The Morgan fingerprint density at radius 1 is 1.33 bits per heavy atom. The SMILES string of the molecule is CNC(=O)N(Cc1ccccc1)CC1CCCN1C(C)=O. The van der Waals surface area contributed by atoms with Crippen LogP contribution in [0.25, 0.3) is 0 Å². The van der Waals surface area contributed by atoms with Gasteiger partial charge in [0.25, 0.3) is 0 Å². The number of nitrogens with zero attached hydrogens (tertiary/aromatic N) is 2. The Labute approximate surface area is 125 Å². The smallest absolute Gasteiger partial charge is 0.317 e. The lowest BCUT2D eigenvalue weighted by atomic mass is 10.1. The van der Waals surface area contributed by atoms with Gasteiger partial charge in [0.15, 0.2) is 0 Å². The summed E-state index contributed by atoms with van der Waals surface area (Å²) in [6.45, 7) is 3.53. The second-order valence-electron chi connectivity index (χ2n) is 5.43. The highest BCUT2D eigenvalue weighted by Crippen LogP contribution is 2.19. The lowest BCUT2D eigenvalue weighted by Gasteiger charge is -2.30. The summed E-state index contributed by atoms with van der Waals surface area (Å²) in [6.07, 6.45) is 1.97. The first-order valence-corrected chi connectivity index (χ1v) is 7.39. The molecule has 21 heavy (non-hydrogen) atoms. The summed E-state index contributed by atoms with van der Waals surface area (Å²) in [4.78, 5) is 27.4. The second-order valence-corrected chi connectivity index (χ2v) is 5.43. The zero-order valence-corrected chi connectivity index (χ0v) is 12.7. The van der Waals surface area contributed by atoms with Gasteiger partial charge in [0.2, 0.25) is 5.91 Å². The average molecular weight is 289 g/mol. The van der Waals surface area contributed by atoms with Gasteiger partial charge in [0.1, 0.15) is 0 Å². The average Bonchev–Trinajstić information content (AvgIpc) is 2.95. The molecule has 1 aliphatic rings. The molecule has 5 nitrogen and oxygen atoms in total. The van der Waals surface area contributed by atoms with Crippen LogP contribution >= 0.6 is 0 Å². The summed E-state index contributed by atoms with van der Waals surface area (Å²) in [5, 5.41) is 2.69. The van der Waals surface area contributed by atoms with Crippen molar-refractivity contribution in [3.63, 3.8) is 0 Å². The summed E-state index contributed by atoms with van der Waals surface area (Å²) in [5.74, 6) is 0.0917. The molecule has 0 saturated carbocycles. The van der Waals surface area contributed by atoms with Crippen LogP contribution in [0.15, 0.2) is 30.3 Å². The first-order valence-electron chi connectivity index (χ1n) is 7.39. The monoisotopic (exact) mass is 289 g/mol. The number of benzene rings is 1. The van der Waals surface area contributed by atoms with Crippen LogP contribution in [0.2, 0.25) is 0 Å². The Hall–Kier alpha value is -2.04. The van der Waals surface area contributed by atoms with Gasteiger partial charge in [-0.15, -0.1) is 0 Å². The lowest BCUT2D eigenvalue weighted by Crippen LogP contribution is -2.46. The highest BCUT2D eigenvalue weighted by atomic mass is 16.2. The molecule has 5 heteroatoms. The topological polar surface area (TPSA) is 52.7 Å². The van der Waals surface area contributed by atoms with Crippen molar-refractivity contribution in [3.05, 3.63) is 35.9 Å². The third-order valence-electron chi connectivity index (χ3n) is 3.93. The summed E-state index contributed by atoms with van der Waals surface area (Å²) in [6, 6.07) is 9.93. The number of carbonyl (C=O) groups excluding carboxylic acids is 2. The van der Waals surface area contributed by atoms with E-state index in [1.807, 2.05) is 35.2 Å². The fourth-order valence-corrected chi connectivity index (χ4v) is 2.88. The Kier molecular flexibility index (Phi) is 5.20. The van der Waals surface area contributed by atoms with E-state index in [1.165, 1.54) is 0 Å². The lowest BCUT2D eigenvalue weighted by molar-refractivity contribution is -0.129. The molecule has 114 valence electrons. The molecule has 1 N–H and O–H groups in total. The molecule has 0 bridgehead atoms. The molecular formula is C16H23N3O2. The van der Waals surface area contributed by atoms with Crippen LogP contribution in [0.3, 0.4) is 0 Å². The summed E-state index contributed by atoms with van der Waals surface area (Å²) in [7, 11) is 1.64. The van der Waals surface area contributed by atoms with Gasteiger partial charge >= 0.3 is 6.03 Å². The largest absolute Gasteiger partial charge is 0.341 e. The highest BCUT2D eigenvalue weighted by molar-refractivity contribution is 5.75. The Balaban J connectivity index is 2.06. The van der Waals surface area contributed by atoms with Crippen molar-refractivity contribution < 1.29 is 9.59 Å². The molecule has 1 aliphatic heterocycles. The predicted molar refractivity (Wildman–Crippen MR) is 81.7 cm³/mol. The number of urea groups is 1. The van der Waals surface area contributed by atoms with Crippen LogP contribution in [0.1, 0.15) is 25.3 Å². The van der Waals surface area contributed by atoms with Crippen molar-refractivity contribution in [1.29, 1.82) is 0 Å². The molecule has 1 atom stereocenters. The predicted octanol–water partition coefficient (Wildman–Crippen LogP) is 1.84. The molecule has 1 heterocycles. The Morgan fingerprint density at radius 2 is 2.05 bits per heavy atom. The van der Waals surface area contributed by atoms with Gasteiger partial charge in [0.05, 0.1) is 0 Å². The van der Waals surface area contributed by atoms with Gasteiger partial charge in [0, 0.05) is 39.6 Å². The van der Waals surface area contributed by atoms with Crippen molar-refractivity contribution in [3.8, 4) is 0 Å². The zero-order chi connectivity index (χ0) is 15.2. The van der Waals surface area contributed by atoms with Crippen LogP contribution in [-0.4, -0.2) is 47.9 Å². The van der Waals surface area contributed by atoms with Crippen molar-refractivity contribution in [2.75, 3.05) is 20.1 Å². The minimum absolute atomic E-state index is 0.0917. The summed E-state index contributed by atoms with van der Waals surface area (Å²) >= 11 is 0. The maximum Gasteiger partial charge on any atom is 0.317 e. The van der Waals surface area contributed by atoms with E-state index in [4.69, 9.17) is 0 Å². The fraction of sp³-hybridized carbons (Fsp3) is 0.500. The highest BCUT2D eigenvalue weighted by Gasteiger charge is 2.29. The first kappa shape index (κ1) is 15.4. The van der Waals surface area contributed by atoms with Gasteiger partial charge in [-0.3, -0.25) is 4.79 Å². The third-order valence-corrected chi connectivity index (χ3v) is 3.93. The van der Waals surface area contributed by atoms with E-state index >= 15 is 0 Å². The number of carbonyl (C=O) groups is 2. The first-order chi connectivity index (χ1) is 10.1. The van der Waals surface area contributed by atoms with Crippen LogP contribution < -0.4 is 5.32 Å². The number of rotatable bonds is 4. The molecule has 1 fully saturated rings. The molecule has 0 aromatic heterocycles. The number of hydrogen-bond donors (Lipinski definition) is 1. The van der Waals surface area contributed by atoms with Crippen molar-refractivity contribution in [2.24, 2.45) is 0 Å². The number of nitrogens with one attached hydrogen (secondary N) is 1.